The maximum absolute atomic E-state index is 11.8. The van der Waals surface area contributed by atoms with Crippen molar-refractivity contribution < 1.29 is 29.2 Å². The average molecular weight is 394 g/mol. The first-order valence-electron chi connectivity index (χ1n) is 9.18. The molecule has 0 aliphatic carbocycles. The van der Waals surface area contributed by atoms with Crippen LogP contribution < -0.4 is 5.73 Å². The Hall–Kier alpha value is -2.43. The number of aliphatic hydroxyl groups is 2. The molecule has 1 fully saturated rings. The third-order valence-corrected chi connectivity index (χ3v) is 5.12. The van der Waals surface area contributed by atoms with Crippen LogP contribution >= 0.6 is 0 Å². The van der Waals surface area contributed by atoms with Crippen molar-refractivity contribution in [2.45, 2.75) is 51.1 Å². The molecule has 2 aromatic rings. The largest absolute Gasteiger partial charge is 0.508 e. The molecular weight excluding hydrogens is 368 g/mol. The zero-order chi connectivity index (χ0) is 20.5. The number of nitrogens with two attached hydrogens (primary N) is 1. The van der Waals surface area contributed by atoms with Crippen LogP contribution in [-0.2, 0) is 14.2 Å². The molecule has 5 atom stereocenters. The summed E-state index contributed by atoms with van der Waals surface area (Å²) in [6.07, 6.45) is -2.11. The third-order valence-electron chi connectivity index (χ3n) is 5.12. The summed E-state index contributed by atoms with van der Waals surface area (Å²) < 4.78 is 17.5. The highest BCUT2D eigenvalue weighted by atomic mass is 16.7. The zero-order valence-electron chi connectivity index (χ0n) is 16.1. The predicted octanol–water partition coefficient (Wildman–Crippen LogP) is 1.06. The molecule has 0 unspecified atom stereocenters. The van der Waals surface area contributed by atoms with Gasteiger partial charge in [-0.05, 0) is 25.0 Å². The van der Waals surface area contributed by atoms with E-state index in [9.17, 15) is 15.0 Å². The second-order valence-corrected chi connectivity index (χ2v) is 7.35. The Morgan fingerprint density at radius 2 is 2.18 bits per heavy atom. The van der Waals surface area contributed by atoms with Crippen molar-refractivity contribution in [2.75, 3.05) is 18.9 Å². The Balaban J connectivity index is 1.70. The van der Waals surface area contributed by atoms with Gasteiger partial charge in [0.05, 0.1) is 12.3 Å². The minimum absolute atomic E-state index is 0.222. The van der Waals surface area contributed by atoms with Gasteiger partial charge in [0.1, 0.15) is 42.4 Å². The lowest BCUT2D eigenvalue weighted by Gasteiger charge is -2.26. The van der Waals surface area contributed by atoms with Crippen LogP contribution in [0.1, 0.15) is 39.0 Å². The van der Waals surface area contributed by atoms with E-state index in [1.54, 1.807) is 19.1 Å². The molecule has 0 spiro atoms. The molecule has 0 aromatic carbocycles. The summed E-state index contributed by atoms with van der Waals surface area (Å²) in [4.78, 5) is 15.7. The van der Waals surface area contributed by atoms with Gasteiger partial charge in [0, 0.05) is 0 Å². The number of anilines is 1. The van der Waals surface area contributed by atoms with E-state index in [1.165, 1.54) is 10.8 Å². The lowest BCUT2D eigenvalue weighted by molar-refractivity contribution is -0.109. The van der Waals surface area contributed by atoms with Gasteiger partial charge in [-0.1, -0.05) is 20.3 Å². The number of fused-ring (bicyclic) bond motifs is 1. The maximum Gasteiger partial charge on any atom is 0.508 e. The topological polar surface area (TPSA) is 141 Å². The Labute approximate surface area is 162 Å². The molecule has 0 amide bonds. The lowest BCUT2D eigenvalue weighted by atomic mass is 9.97. The Kier molecular flexibility index (Phi) is 5.73. The number of nitrogens with zero attached hydrogens (tertiary/aromatic N) is 3. The molecule has 0 saturated carbocycles. The standard InChI is InChI=1S/C18H26N4O6/c1-4-10(2)7-26-17(25)27-8-18(3)15(24)13(23)14(28-18)11-5-6-12-16(19)20-9-21-22(11)12/h5-6,9-10,13-15,23-24H,4,7-8H2,1-3H3,(H2,19,20,21)/t10-,13-,14-,15-,18+/m0/s1. The number of nitrogen functional groups attached to an aromatic ring is 1. The van der Waals surface area contributed by atoms with Gasteiger partial charge >= 0.3 is 6.16 Å². The minimum atomic E-state index is -1.32. The summed E-state index contributed by atoms with van der Waals surface area (Å²) in [6, 6.07) is 3.39. The monoisotopic (exact) mass is 394 g/mol. The fourth-order valence-corrected chi connectivity index (χ4v) is 3.07. The van der Waals surface area contributed by atoms with Gasteiger partial charge in [-0.3, -0.25) is 0 Å². The molecule has 3 heterocycles. The van der Waals surface area contributed by atoms with Crippen molar-refractivity contribution in [3.8, 4) is 0 Å². The normalized spacial score (nSPS) is 28.4. The van der Waals surface area contributed by atoms with Crippen molar-refractivity contribution >= 4 is 17.5 Å². The number of hydrogen-bond acceptors (Lipinski definition) is 9. The molecule has 1 saturated heterocycles. The summed E-state index contributed by atoms with van der Waals surface area (Å²) >= 11 is 0. The molecule has 1 aliphatic heterocycles. The summed E-state index contributed by atoms with van der Waals surface area (Å²) in [5.41, 5.74) is 5.57. The molecule has 3 rings (SSSR count). The number of aromatic nitrogens is 3. The Morgan fingerprint density at radius 3 is 2.89 bits per heavy atom. The summed E-state index contributed by atoms with van der Waals surface area (Å²) in [5, 5.41) is 25.2. The van der Waals surface area contributed by atoms with Crippen molar-refractivity contribution in [1.82, 2.24) is 14.6 Å². The first kappa shape index (κ1) is 20.3. The minimum Gasteiger partial charge on any atom is -0.434 e. The SMILES string of the molecule is CC[C@H](C)COC(=O)OC[C@@]1(C)O[C@@H](c2ccc3c(N)ncnn23)[C@H](O)[C@@H]1O. The molecule has 1 aliphatic rings. The van der Waals surface area contributed by atoms with Crippen LogP contribution in [-0.4, -0.2) is 62.0 Å². The lowest BCUT2D eigenvalue weighted by Crippen LogP contribution is -2.44. The molecule has 4 N–H and O–H groups in total. The fourth-order valence-electron chi connectivity index (χ4n) is 3.07. The van der Waals surface area contributed by atoms with Crippen molar-refractivity contribution in [3.05, 3.63) is 24.2 Å². The molecule has 28 heavy (non-hydrogen) atoms. The summed E-state index contributed by atoms with van der Waals surface area (Å²) in [7, 11) is 0. The molecule has 0 bridgehead atoms. The molecule has 10 heteroatoms. The maximum atomic E-state index is 11.8. The molecule has 10 nitrogen and oxygen atoms in total. The smallest absolute Gasteiger partial charge is 0.434 e. The van der Waals surface area contributed by atoms with Gasteiger partial charge in [0.2, 0.25) is 0 Å². The van der Waals surface area contributed by atoms with E-state index in [0.29, 0.717) is 11.2 Å². The number of carbonyl (C=O) groups excluding carboxylic acids is 1. The number of carbonyl (C=O) groups is 1. The first-order valence-corrected chi connectivity index (χ1v) is 9.18. The number of rotatable bonds is 6. The van der Waals surface area contributed by atoms with Crippen LogP contribution in [0, 0.1) is 5.92 Å². The van der Waals surface area contributed by atoms with Gasteiger partial charge in [-0.2, -0.15) is 5.10 Å². The predicted molar refractivity (Wildman–Crippen MR) is 98.4 cm³/mol. The summed E-state index contributed by atoms with van der Waals surface area (Å²) in [6.45, 7) is 5.48. The number of hydrogen-bond donors (Lipinski definition) is 3. The van der Waals surface area contributed by atoms with Gasteiger partial charge in [-0.15, -0.1) is 0 Å². The molecule has 154 valence electrons. The van der Waals surface area contributed by atoms with Gasteiger partial charge in [0.15, 0.2) is 5.82 Å². The fraction of sp³-hybridized carbons (Fsp3) is 0.611. The summed E-state index contributed by atoms with van der Waals surface area (Å²) in [5.74, 6) is 0.504. The van der Waals surface area contributed by atoms with Crippen molar-refractivity contribution in [2.24, 2.45) is 5.92 Å². The average Bonchev–Trinajstić information content (AvgIpc) is 3.21. The van der Waals surface area contributed by atoms with Crippen molar-refractivity contribution in [1.29, 1.82) is 0 Å². The van der Waals surface area contributed by atoms with Crippen LogP contribution in [0.3, 0.4) is 0 Å². The number of ether oxygens (including phenoxy) is 3. The second kappa shape index (κ2) is 7.90. The Bertz CT molecular complexity index is 843. The highest BCUT2D eigenvalue weighted by Gasteiger charge is 2.53. The van der Waals surface area contributed by atoms with E-state index in [2.05, 4.69) is 10.1 Å². The second-order valence-electron chi connectivity index (χ2n) is 7.35. The Morgan fingerprint density at radius 1 is 1.43 bits per heavy atom. The van der Waals surface area contributed by atoms with Crippen LogP contribution in [0.2, 0.25) is 0 Å². The van der Waals surface area contributed by atoms with Crippen LogP contribution in [0.4, 0.5) is 10.6 Å². The van der Waals surface area contributed by atoms with E-state index in [4.69, 9.17) is 19.9 Å². The van der Waals surface area contributed by atoms with E-state index in [1.807, 2.05) is 13.8 Å². The molecule has 0 radical (unpaired) electrons. The van der Waals surface area contributed by atoms with E-state index < -0.39 is 30.1 Å². The molecule has 2 aromatic heterocycles. The van der Waals surface area contributed by atoms with Gasteiger partial charge in [0.25, 0.3) is 0 Å². The van der Waals surface area contributed by atoms with Gasteiger partial charge in [-0.25, -0.2) is 14.3 Å². The van der Waals surface area contributed by atoms with Gasteiger partial charge < -0.3 is 30.2 Å². The first-order chi connectivity index (χ1) is 13.3. The van der Waals surface area contributed by atoms with Crippen LogP contribution in [0.15, 0.2) is 18.5 Å². The van der Waals surface area contributed by atoms with E-state index in [0.717, 1.165) is 6.42 Å². The van der Waals surface area contributed by atoms with E-state index in [-0.39, 0.29) is 24.9 Å². The quantitative estimate of drug-likeness (QED) is 0.613. The van der Waals surface area contributed by atoms with Crippen LogP contribution in [0.25, 0.3) is 5.52 Å². The highest BCUT2D eigenvalue weighted by molar-refractivity contribution is 5.65. The highest BCUT2D eigenvalue weighted by Crippen LogP contribution is 2.40. The third kappa shape index (κ3) is 3.75. The zero-order valence-corrected chi connectivity index (χ0v) is 16.1. The van der Waals surface area contributed by atoms with Crippen molar-refractivity contribution in [3.63, 3.8) is 0 Å². The van der Waals surface area contributed by atoms with Crippen LogP contribution in [0.5, 0.6) is 0 Å². The molecular formula is C18H26N4O6. The number of aliphatic hydroxyl groups excluding tert-OH is 2. The van der Waals surface area contributed by atoms with E-state index >= 15 is 0 Å².